The van der Waals surface area contributed by atoms with Crippen molar-refractivity contribution in [1.82, 2.24) is 20.5 Å². The van der Waals surface area contributed by atoms with Crippen LogP contribution in [-0.4, -0.2) is 32.4 Å². The van der Waals surface area contributed by atoms with Gasteiger partial charge in [-0.05, 0) is 38.3 Å². The van der Waals surface area contributed by atoms with E-state index in [0.717, 1.165) is 36.3 Å². The van der Waals surface area contributed by atoms with Crippen LogP contribution in [0, 0.1) is 18.3 Å². The van der Waals surface area contributed by atoms with Crippen LogP contribution in [0.15, 0.2) is 18.2 Å². The average Bonchev–Trinajstić information content (AvgIpc) is 3.18. The third-order valence-electron chi connectivity index (χ3n) is 4.26. The minimum atomic E-state index is -0.976. The lowest BCUT2D eigenvalue weighted by molar-refractivity contribution is 0.190. The van der Waals surface area contributed by atoms with Gasteiger partial charge < -0.3 is 15.7 Å². The summed E-state index contributed by atoms with van der Waals surface area (Å²) in [4.78, 5) is 14.9. The van der Waals surface area contributed by atoms with E-state index >= 15 is 0 Å². The van der Waals surface area contributed by atoms with E-state index in [1.165, 1.54) is 0 Å². The summed E-state index contributed by atoms with van der Waals surface area (Å²) in [5, 5.41) is 30.7. The van der Waals surface area contributed by atoms with Crippen molar-refractivity contribution in [3.8, 4) is 6.07 Å². The first-order valence-electron chi connectivity index (χ1n) is 7.74. The van der Waals surface area contributed by atoms with Gasteiger partial charge in [-0.25, -0.2) is 9.78 Å². The molecule has 8 nitrogen and oxygen atoms in total. The molecule has 0 spiro atoms. The van der Waals surface area contributed by atoms with Crippen LogP contribution in [0.2, 0.25) is 0 Å². The Morgan fingerprint density at radius 1 is 1.46 bits per heavy atom. The van der Waals surface area contributed by atoms with E-state index in [-0.39, 0.29) is 12.0 Å². The number of nitrogens with zero attached hydrogens (tertiary/aromatic N) is 3. The van der Waals surface area contributed by atoms with Gasteiger partial charge in [0.25, 0.3) is 0 Å². The van der Waals surface area contributed by atoms with E-state index in [4.69, 9.17) is 10.4 Å². The van der Waals surface area contributed by atoms with Crippen LogP contribution in [0.25, 0.3) is 0 Å². The highest BCUT2D eigenvalue weighted by Crippen LogP contribution is 2.34. The van der Waals surface area contributed by atoms with Gasteiger partial charge in [0.2, 0.25) is 0 Å². The number of aromatic nitrogens is 3. The largest absolute Gasteiger partial charge is 0.465 e. The number of aromatic amines is 1. The summed E-state index contributed by atoms with van der Waals surface area (Å²) in [6, 6.07) is 7.40. The highest BCUT2D eigenvalue weighted by Gasteiger charge is 2.28. The Bertz CT molecular complexity index is 794. The van der Waals surface area contributed by atoms with Gasteiger partial charge >= 0.3 is 6.09 Å². The monoisotopic (exact) mass is 326 g/mol. The van der Waals surface area contributed by atoms with Crippen LogP contribution in [0.3, 0.4) is 0 Å². The predicted octanol–water partition coefficient (Wildman–Crippen LogP) is 2.63. The number of nitriles is 1. The molecule has 2 unspecified atom stereocenters. The molecule has 2 heterocycles. The molecular weight excluding hydrogens is 308 g/mol. The summed E-state index contributed by atoms with van der Waals surface area (Å²) in [5.74, 6) is 0.944. The van der Waals surface area contributed by atoms with Crippen molar-refractivity contribution in [2.24, 2.45) is 0 Å². The van der Waals surface area contributed by atoms with Crippen LogP contribution in [0.5, 0.6) is 0 Å². The molecule has 2 aromatic heterocycles. The molecule has 0 aromatic carbocycles. The Morgan fingerprint density at radius 2 is 2.29 bits per heavy atom. The van der Waals surface area contributed by atoms with Crippen LogP contribution in [-0.2, 0) is 0 Å². The molecule has 0 saturated heterocycles. The Balaban J connectivity index is 1.66. The molecule has 124 valence electrons. The maximum absolute atomic E-state index is 10.7. The lowest BCUT2D eigenvalue weighted by Crippen LogP contribution is -2.31. The summed E-state index contributed by atoms with van der Waals surface area (Å²) in [6.07, 6.45) is 1.55. The second-order valence-electron chi connectivity index (χ2n) is 5.93. The van der Waals surface area contributed by atoms with Crippen molar-refractivity contribution in [3.05, 3.63) is 35.3 Å². The molecule has 8 heteroatoms. The van der Waals surface area contributed by atoms with E-state index in [1.807, 2.05) is 19.1 Å². The van der Waals surface area contributed by atoms with Crippen LogP contribution in [0.4, 0.5) is 16.3 Å². The molecule has 2 aromatic rings. The smallest absolute Gasteiger partial charge is 0.404 e. The van der Waals surface area contributed by atoms with Crippen molar-refractivity contribution in [1.29, 1.82) is 5.26 Å². The Labute approximate surface area is 138 Å². The number of pyridine rings is 1. The summed E-state index contributed by atoms with van der Waals surface area (Å²) in [5.41, 5.74) is 2.89. The Morgan fingerprint density at radius 3 is 3.00 bits per heavy atom. The third-order valence-corrected chi connectivity index (χ3v) is 4.26. The number of carboxylic acid groups (broad SMARTS) is 1. The van der Waals surface area contributed by atoms with Crippen molar-refractivity contribution >= 4 is 17.6 Å². The highest BCUT2D eigenvalue weighted by atomic mass is 16.4. The fourth-order valence-corrected chi connectivity index (χ4v) is 3.07. The first-order valence-corrected chi connectivity index (χ1v) is 7.74. The number of H-pyrrole nitrogens is 1. The molecule has 1 aliphatic carbocycles. The van der Waals surface area contributed by atoms with Crippen molar-refractivity contribution < 1.29 is 9.90 Å². The lowest BCUT2D eigenvalue weighted by Gasteiger charge is -2.09. The van der Waals surface area contributed by atoms with Gasteiger partial charge in [-0.15, -0.1) is 0 Å². The van der Waals surface area contributed by atoms with Gasteiger partial charge in [0, 0.05) is 23.7 Å². The summed E-state index contributed by atoms with van der Waals surface area (Å²) < 4.78 is 0. The molecule has 1 saturated carbocycles. The number of aryl methyl sites for hydroxylation is 1. The van der Waals surface area contributed by atoms with E-state index in [2.05, 4.69) is 25.8 Å². The van der Waals surface area contributed by atoms with E-state index in [0.29, 0.717) is 11.5 Å². The predicted molar refractivity (Wildman–Crippen MR) is 87.1 cm³/mol. The average molecular weight is 326 g/mol. The van der Waals surface area contributed by atoms with Gasteiger partial charge in [-0.3, -0.25) is 5.10 Å². The summed E-state index contributed by atoms with van der Waals surface area (Å²) in [7, 11) is 0. The van der Waals surface area contributed by atoms with Crippen molar-refractivity contribution in [2.45, 2.75) is 38.1 Å². The molecule has 1 amide bonds. The highest BCUT2D eigenvalue weighted by molar-refractivity contribution is 5.65. The zero-order chi connectivity index (χ0) is 17.1. The molecule has 24 heavy (non-hydrogen) atoms. The normalized spacial score (nSPS) is 19.7. The first-order chi connectivity index (χ1) is 11.5. The first kappa shape index (κ1) is 15.8. The quantitative estimate of drug-likeness (QED) is 0.684. The molecule has 4 N–H and O–H groups in total. The van der Waals surface area contributed by atoms with Crippen molar-refractivity contribution in [3.63, 3.8) is 0 Å². The zero-order valence-corrected chi connectivity index (χ0v) is 13.2. The minimum Gasteiger partial charge on any atom is -0.465 e. The number of carbonyl (C=O) groups is 1. The molecule has 3 rings (SSSR count). The maximum Gasteiger partial charge on any atom is 0.404 e. The number of amides is 1. The molecule has 1 fully saturated rings. The SMILES string of the molecule is Cc1nc(C#N)ccc1Nc1cc(C2CCC(NC(=O)O)C2)[nH]n1. The van der Waals surface area contributed by atoms with Gasteiger partial charge in [-0.1, -0.05) is 0 Å². The number of hydrogen-bond acceptors (Lipinski definition) is 5. The Kier molecular flexibility index (Phi) is 4.33. The molecule has 0 radical (unpaired) electrons. The second kappa shape index (κ2) is 6.58. The van der Waals surface area contributed by atoms with Gasteiger partial charge in [-0.2, -0.15) is 10.4 Å². The standard InChI is InChI=1S/C16H18N6O2/c1-9-13(5-4-12(8-17)18-9)20-15-7-14(21-22-15)10-2-3-11(6-10)19-16(23)24/h4-5,7,10-11,19H,2-3,6H2,1H3,(H,23,24)(H2,20,21,22). The van der Waals surface area contributed by atoms with Gasteiger partial charge in [0.1, 0.15) is 11.8 Å². The summed E-state index contributed by atoms with van der Waals surface area (Å²) in [6.45, 7) is 1.83. The van der Waals surface area contributed by atoms with E-state index in [1.54, 1.807) is 12.1 Å². The molecule has 2 atom stereocenters. The Hall–Kier alpha value is -3.08. The zero-order valence-electron chi connectivity index (χ0n) is 13.2. The maximum atomic E-state index is 10.7. The molecule has 1 aliphatic rings. The molecular formula is C16H18N6O2. The number of anilines is 2. The fraction of sp³-hybridized carbons (Fsp3) is 0.375. The molecule has 0 aliphatic heterocycles. The lowest BCUT2D eigenvalue weighted by atomic mass is 10.0. The van der Waals surface area contributed by atoms with Gasteiger partial charge in [0.05, 0.1) is 11.4 Å². The topological polar surface area (TPSA) is 127 Å². The van der Waals surface area contributed by atoms with Gasteiger partial charge in [0.15, 0.2) is 5.82 Å². The number of nitrogens with one attached hydrogen (secondary N) is 3. The van der Waals surface area contributed by atoms with Crippen LogP contribution < -0.4 is 10.6 Å². The second-order valence-corrected chi connectivity index (χ2v) is 5.93. The van der Waals surface area contributed by atoms with Crippen molar-refractivity contribution in [2.75, 3.05) is 5.32 Å². The number of hydrogen-bond donors (Lipinski definition) is 4. The molecule has 0 bridgehead atoms. The minimum absolute atomic E-state index is 0.00261. The number of rotatable bonds is 4. The summed E-state index contributed by atoms with van der Waals surface area (Å²) >= 11 is 0. The van der Waals surface area contributed by atoms with E-state index in [9.17, 15) is 4.79 Å². The fourth-order valence-electron chi connectivity index (χ4n) is 3.07. The van der Waals surface area contributed by atoms with Crippen LogP contribution >= 0.6 is 0 Å². The van der Waals surface area contributed by atoms with Crippen LogP contribution in [0.1, 0.15) is 42.3 Å². The van der Waals surface area contributed by atoms with E-state index < -0.39 is 6.09 Å². The third kappa shape index (κ3) is 3.46.